The number of carbonyl (C=O) groups excluding carboxylic acids is 2. The first-order chi connectivity index (χ1) is 12.8. The molecule has 0 unspecified atom stereocenters. The Hall–Kier alpha value is -1.75. The lowest BCUT2D eigenvalue weighted by Gasteiger charge is -2.57. The second-order valence-corrected chi connectivity index (χ2v) is 9.34. The molecule has 0 saturated heterocycles. The summed E-state index contributed by atoms with van der Waals surface area (Å²) >= 11 is 6.23. The number of amides is 2. The maximum atomic E-state index is 12.9. The molecule has 146 valence electrons. The molecule has 2 amide bonds. The summed E-state index contributed by atoms with van der Waals surface area (Å²) in [5, 5.41) is 9.77. The zero-order chi connectivity index (χ0) is 19.2. The third kappa shape index (κ3) is 3.93. The van der Waals surface area contributed by atoms with E-state index in [1.54, 1.807) is 12.1 Å². The number of nitrogens with one attached hydrogen (secondary N) is 3. The van der Waals surface area contributed by atoms with E-state index in [9.17, 15) is 9.59 Å². The van der Waals surface area contributed by atoms with Gasteiger partial charge in [0, 0.05) is 18.2 Å². The van der Waals surface area contributed by atoms with Crippen LogP contribution in [-0.2, 0) is 9.59 Å². The quantitative estimate of drug-likeness (QED) is 0.707. The maximum absolute atomic E-state index is 12.9. The first kappa shape index (κ1) is 18.6. The van der Waals surface area contributed by atoms with Crippen molar-refractivity contribution in [2.75, 3.05) is 10.6 Å². The van der Waals surface area contributed by atoms with E-state index in [1.165, 1.54) is 26.2 Å². The van der Waals surface area contributed by atoms with E-state index in [2.05, 4.69) is 16.0 Å². The topological polar surface area (TPSA) is 70.2 Å². The van der Waals surface area contributed by atoms with Gasteiger partial charge in [-0.15, -0.1) is 0 Å². The highest BCUT2D eigenvalue weighted by atomic mass is 35.5. The molecule has 6 heteroatoms. The Morgan fingerprint density at radius 3 is 2.22 bits per heavy atom. The molecule has 1 aromatic carbocycles. The number of hydrogen-bond donors (Lipinski definition) is 3. The van der Waals surface area contributed by atoms with E-state index in [1.807, 2.05) is 13.0 Å². The summed E-state index contributed by atoms with van der Waals surface area (Å²) in [5.41, 5.74) is 1.36. The standard InChI is InChI=1S/C21H28ClN3O2/c1-12(23-17-3-4-19(18(22)8-17)24-13(2)26)20(27)25-21-9-14-5-15(10-21)7-16(6-14)11-21/h3-4,8,12,14-16,23H,5-7,9-11H2,1-2H3,(H,24,26)(H,25,27)/t12-,14?,15?,16?,21?/m1/s1. The highest BCUT2D eigenvalue weighted by Crippen LogP contribution is 2.55. The van der Waals surface area contributed by atoms with Crippen molar-refractivity contribution in [2.24, 2.45) is 17.8 Å². The molecular formula is C21H28ClN3O2. The number of benzene rings is 1. The largest absolute Gasteiger partial charge is 0.374 e. The Bertz CT molecular complexity index is 729. The van der Waals surface area contributed by atoms with Crippen LogP contribution in [0.15, 0.2) is 18.2 Å². The molecule has 3 N–H and O–H groups in total. The molecule has 5 nitrogen and oxygen atoms in total. The summed E-state index contributed by atoms with van der Waals surface area (Å²) in [6.45, 7) is 3.32. The van der Waals surface area contributed by atoms with Gasteiger partial charge in [-0.3, -0.25) is 9.59 Å². The second-order valence-electron chi connectivity index (χ2n) is 8.93. The summed E-state index contributed by atoms with van der Waals surface area (Å²) in [4.78, 5) is 24.0. The van der Waals surface area contributed by atoms with Gasteiger partial charge in [0.05, 0.1) is 10.7 Å². The number of anilines is 2. The third-order valence-electron chi connectivity index (χ3n) is 6.48. The van der Waals surface area contributed by atoms with Crippen LogP contribution in [0.25, 0.3) is 0 Å². The van der Waals surface area contributed by atoms with Crippen molar-refractivity contribution in [3.05, 3.63) is 23.2 Å². The first-order valence-electron chi connectivity index (χ1n) is 9.97. The van der Waals surface area contributed by atoms with Crippen LogP contribution in [0.2, 0.25) is 5.02 Å². The van der Waals surface area contributed by atoms with Crippen LogP contribution in [0.1, 0.15) is 52.4 Å². The molecule has 0 aliphatic heterocycles. The van der Waals surface area contributed by atoms with E-state index >= 15 is 0 Å². The van der Waals surface area contributed by atoms with E-state index in [4.69, 9.17) is 11.6 Å². The van der Waals surface area contributed by atoms with Gasteiger partial charge in [0.1, 0.15) is 6.04 Å². The zero-order valence-electron chi connectivity index (χ0n) is 16.0. The van der Waals surface area contributed by atoms with Gasteiger partial charge in [0.2, 0.25) is 11.8 Å². The Labute approximate surface area is 165 Å². The second kappa shape index (κ2) is 7.01. The molecule has 0 heterocycles. The summed E-state index contributed by atoms with van der Waals surface area (Å²) in [6, 6.07) is 4.96. The molecule has 0 aromatic heterocycles. The van der Waals surface area contributed by atoms with Gasteiger partial charge in [-0.05, 0) is 81.4 Å². The Balaban J connectivity index is 1.38. The SMILES string of the molecule is CC(=O)Nc1ccc(N[C@H](C)C(=O)NC23CC4CC(CC(C4)C2)C3)cc1Cl. The Morgan fingerprint density at radius 2 is 1.70 bits per heavy atom. The van der Waals surface area contributed by atoms with Crippen molar-refractivity contribution in [3.8, 4) is 0 Å². The number of carbonyl (C=O) groups is 2. The Morgan fingerprint density at radius 1 is 1.11 bits per heavy atom. The molecule has 1 aromatic rings. The lowest BCUT2D eigenvalue weighted by atomic mass is 9.53. The Kier molecular flexibility index (Phi) is 4.83. The lowest BCUT2D eigenvalue weighted by molar-refractivity contribution is -0.127. The van der Waals surface area contributed by atoms with E-state index in [0.29, 0.717) is 10.7 Å². The van der Waals surface area contributed by atoms with Crippen molar-refractivity contribution in [2.45, 2.75) is 64.0 Å². The van der Waals surface area contributed by atoms with Crippen LogP contribution < -0.4 is 16.0 Å². The highest BCUT2D eigenvalue weighted by molar-refractivity contribution is 6.34. The van der Waals surface area contributed by atoms with Crippen molar-refractivity contribution in [1.29, 1.82) is 0 Å². The van der Waals surface area contributed by atoms with E-state index < -0.39 is 0 Å². The summed E-state index contributed by atoms with van der Waals surface area (Å²) in [5.74, 6) is 2.31. The molecular weight excluding hydrogens is 362 g/mol. The van der Waals surface area contributed by atoms with Gasteiger partial charge in [-0.25, -0.2) is 0 Å². The highest BCUT2D eigenvalue weighted by Gasteiger charge is 2.51. The fourth-order valence-electron chi connectivity index (χ4n) is 5.84. The van der Waals surface area contributed by atoms with Crippen molar-refractivity contribution in [3.63, 3.8) is 0 Å². The van der Waals surface area contributed by atoms with E-state index in [0.717, 1.165) is 42.7 Å². The molecule has 27 heavy (non-hydrogen) atoms. The number of hydrogen-bond acceptors (Lipinski definition) is 3. The van der Waals surface area contributed by atoms with Gasteiger partial charge in [-0.2, -0.15) is 0 Å². The molecule has 4 bridgehead atoms. The fourth-order valence-corrected chi connectivity index (χ4v) is 6.07. The summed E-state index contributed by atoms with van der Waals surface area (Å²) in [7, 11) is 0. The fraction of sp³-hybridized carbons (Fsp3) is 0.619. The number of rotatable bonds is 5. The lowest BCUT2D eigenvalue weighted by Crippen LogP contribution is -2.61. The van der Waals surface area contributed by atoms with Crippen LogP contribution in [0, 0.1) is 17.8 Å². The predicted octanol–water partition coefficient (Wildman–Crippen LogP) is 4.18. The minimum absolute atomic E-state index is 0.0225. The van der Waals surface area contributed by atoms with Crippen LogP contribution in [-0.4, -0.2) is 23.4 Å². The van der Waals surface area contributed by atoms with Gasteiger partial charge < -0.3 is 16.0 Å². The van der Waals surface area contributed by atoms with Crippen molar-refractivity contribution >= 4 is 34.8 Å². The smallest absolute Gasteiger partial charge is 0.242 e. The van der Waals surface area contributed by atoms with Gasteiger partial charge in [0.15, 0.2) is 0 Å². The minimum atomic E-state index is -0.347. The number of halogens is 1. The molecule has 4 saturated carbocycles. The van der Waals surface area contributed by atoms with Gasteiger partial charge >= 0.3 is 0 Å². The molecule has 4 aliphatic rings. The molecule has 4 fully saturated rings. The van der Waals surface area contributed by atoms with E-state index in [-0.39, 0.29) is 23.4 Å². The first-order valence-corrected chi connectivity index (χ1v) is 10.4. The molecule has 0 spiro atoms. The normalized spacial score (nSPS) is 32.0. The van der Waals surface area contributed by atoms with Crippen LogP contribution >= 0.6 is 11.6 Å². The van der Waals surface area contributed by atoms with Crippen LogP contribution in [0.3, 0.4) is 0 Å². The average Bonchev–Trinajstić information content (AvgIpc) is 2.55. The zero-order valence-corrected chi connectivity index (χ0v) is 16.7. The van der Waals surface area contributed by atoms with Crippen molar-refractivity contribution < 1.29 is 9.59 Å². The van der Waals surface area contributed by atoms with Gasteiger partial charge in [0.25, 0.3) is 0 Å². The predicted molar refractivity (Wildman–Crippen MR) is 108 cm³/mol. The van der Waals surface area contributed by atoms with Crippen LogP contribution in [0.5, 0.6) is 0 Å². The molecule has 5 rings (SSSR count). The molecule has 1 atom stereocenters. The van der Waals surface area contributed by atoms with Crippen molar-refractivity contribution in [1.82, 2.24) is 5.32 Å². The molecule has 0 radical (unpaired) electrons. The minimum Gasteiger partial charge on any atom is -0.374 e. The third-order valence-corrected chi connectivity index (χ3v) is 6.80. The van der Waals surface area contributed by atoms with Crippen LogP contribution in [0.4, 0.5) is 11.4 Å². The maximum Gasteiger partial charge on any atom is 0.242 e. The monoisotopic (exact) mass is 389 g/mol. The summed E-state index contributed by atoms with van der Waals surface area (Å²) < 4.78 is 0. The van der Waals surface area contributed by atoms with Gasteiger partial charge in [-0.1, -0.05) is 11.6 Å². The average molecular weight is 390 g/mol. The summed E-state index contributed by atoms with van der Waals surface area (Å²) in [6.07, 6.45) is 7.53. The molecule has 4 aliphatic carbocycles.